The molecule has 0 amide bonds. The molecule has 0 fully saturated rings. The van der Waals surface area contributed by atoms with Crippen molar-refractivity contribution in [2.75, 3.05) is 6.61 Å². The molecule has 0 saturated heterocycles. The Morgan fingerprint density at radius 3 is 2.57 bits per heavy atom. The Morgan fingerprint density at radius 1 is 1.43 bits per heavy atom. The Bertz CT molecular complexity index is 328. The first-order valence-electron chi connectivity index (χ1n) is 3.39. The first kappa shape index (κ1) is 11.5. The zero-order chi connectivity index (χ0) is 10.8. The van der Waals surface area contributed by atoms with E-state index in [1.807, 2.05) is 0 Å². The molecule has 0 radical (unpaired) electrons. The van der Waals surface area contributed by atoms with E-state index in [-0.39, 0.29) is 0 Å². The SMILES string of the molecule is Fc1cc(I)cnc1OCC(F)(F)F. The van der Waals surface area contributed by atoms with E-state index in [1.54, 1.807) is 22.6 Å². The number of alkyl halides is 3. The summed E-state index contributed by atoms with van der Waals surface area (Å²) >= 11 is 1.79. The minimum absolute atomic E-state index is 0.486. The van der Waals surface area contributed by atoms with Gasteiger partial charge in [0, 0.05) is 9.77 Å². The zero-order valence-corrected chi connectivity index (χ0v) is 8.76. The van der Waals surface area contributed by atoms with Crippen LogP contribution in [0.1, 0.15) is 0 Å². The standard InChI is InChI=1S/C7H4F4INO/c8-5-1-4(12)2-13-6(5)14-3-7(9,10)11/h1-2H,3H2. The molecule has 0 aliphatic rings. The second-order valence-electron chi connectivity index (χ2n) is 2.34. The summed E-state index contributed by atoms with van der Waals surface area (Å²) in [5, 5.41) is 0. The van der Waals surface area contributed by atoms with Crippen LogP contribution in [-0.4, -0.2) is 17.8 Å². The Morgan fingerprint density at radius 2 is 2.07 bits per heavy atom. The highest BCUT2D eigenvalue weighted by atomic mass is 127. The number of rotatable bonds is 2. The highest BCUT2D eigenvalue weighted by molar-refractivity contribution is 14.1. The van der Waals surface area contributed by atoms with Crippen LogP contribution in [0.3, 0.4) is 0 Å². The molecule has 1 aromatic heterocycles. The molecule has 0 aliphatic heterocycles. The normalized spacial score (nSPS) is 11.5. The van der Waals surface area contributed by atoms with Gasteiger partial charge in [0.2, 0.25) is 0 Å². The second-order valence-corrected chi connectivity index (χ2v) is 3.59. The maximum atomic E-state index is 12.9. The molecule has 78 valence electrons. The van der Waals surface area contributed by atoms with Crippen molar-refractivity contribution in [1.82, 2.24) is 4.98 Å². The molecule has 2 nitrogen and oxygen atoms in total. The molecule has 0 atom stereocenters. The summed E-state index contributed by atoms with van der Waals surface area (Å²) in [5.41, 5.74) is 0. The Kier molecular flexibility index (Phi) is 3.51. The third-order valence-electron chi connectivity index (χ3n) is 1.15. The summed E-state index contributed by atoms with van der Waals surface area (Å²) in [7, 11) is 0. The zero-order valence-electron chi connectivity index (χ0n) is 6.61. The van der Waals surface area contributed by atoms with Crippen molar-refractivity contribution in [1.29, 1.82) is 0 Å². The van der Waals surface area contributed by atoms with Gasteiger partial charge in [-0.2, -0.15) is 13.2 Å². The predicted octanol–water partition coefficient (Wildman–Crippen LogP) is 2.77. The number of pyridine rings is 1. The molecule has 0 aliphatic carbocycles. The topological polar surface area (TPSA) is 22.1 Å². The molecule has 1 aromatic rings. The van der Waals surface area contributed by atoms with Gasteiger partial charge in [-0.3, -0.25) is 0 Å². The first-order valence-corrected chi connectivity index (χ1v) is 4.47. The van der Waals surface area contributed by atoms with Crippen molar-refractivity contribution in [2.45, 2.75) is 6.18 Å². The number of halogens is 5. The van der Waals surface area contributed by atoms with Crippen LogP contribution in [0, 0.1) is 9.39 Å². The van der Waals surface area contributed by atoms with Gasteiger partial charge in [0.15, 0.2) is 12.4 Å². The van der Waals surface area contributed by atoms with E-state index in [9.17, 15) is 17.6 Å². The van der Waals surface area contributed by atoms with E-state index in [1.165, 1.54) is 6.20 Å². The maximum absolute atomic E-state index is 12.9. The van der Waals surface area contributed by atoms with E-state index in [0.717, 1.165) is 6.07 Å². The molecule has 0 unspecified atom stereocenters. The van der Waals surface area contributed by atoms with Gasteiger partial charge in [0.05, 0.1) is 0 Å². The molecular formula is C7H4F4INO. The van der Waals surface area contributed by atoms with E-state index in [4.69, 9.17) is 0 Å². The van der Waals surface area contributed by atoms with E-state index in [0.29, 0.717) is 3.57 Å². The first-order chi connectivity index (χ1) is 6.38. The molecule has 1 heterocycles. The molecule has 14 heavy (non-hydrogen) atoms. The van der Waals surface area contributed by atoms with Gasteiger partial charge in [0.1, 0.15) is 0 Å². The average molecular weight is 321 g/mol. The van der Waals surface area contributed by atoms with Crippen LogP contribution in [0.2, 0.25) is 0 Å². The minimum Gasteiger partial charge on any atom is -0.466 e. The number of ether oxygens (including phenoxy) is 1. The van der Waals surface area contributed by atoms with Gasteiger partial charge < -0.3 is 4.74 Å². The number of hydrogen-bond acceptors (Lipinski definition) is 2. The van der Waals surface area contributed by atoms with Crippen LogP contribution >= 0.6 is 22.6 Å². The average Bonchev–Trinajstić information content (AvgIpc) is 2.00. The fraction of sp³-hybridized carbons (Fsp3) is 0.286. The highest BCUT2D eigenvalue weighted by Gasteiger charge is 2.29. The third kappa shape index (κ3) is 3.64. The van der Waals surface area contributed by atoms with Crippen molar-refractivity contribution in [3.8, 4) is 5.88 Å². The van der Waals surface area contributed by atoms with Gasteiger partial charge in [-0.25, -0.2) is 9.37 Å². The summed E-state index contributed by atoms with van der Waals surface area (Å²) in [6.07, 6.45) is -3.27. The molecular weight excluding hydrogens is 317 g/mol. The van der Waals surface area contributed by atoms with Crippen molar-refractivity contribution in [3.05, 3.63) is 21.7 Å². The lowest BCUT2D eigenvalue weighted by Gasteiger charge is -2.08. The smallest absolute Gasteiger partial charge is 0.422 e. The minimum atomic E-state index is -4.49. The monoisotopic (exact) mass is 321 g/mol. The van der Waals surface area contributed by atoms with Crippen LogP contribution in [0.4, 0.5) is 17.6 Å². The Labute approximate surface area is 90.4 Å². The van der Waals surface area contributed by atoms with Gasteiger partial charge in [0.25, 0.3) is 5.88 Å². The molecule has 0 saturated carbocycles. The number of nitrogens with zero attached hydrogens (tertiary/aromatic N) is 1. The van der Waals surface area contributed by atoms with Gasteiger partial charge in [-0.05, 0) is 28.7 Å². The lowest BCUT2D eigenvalue weighted by molar-refractivity contribution is -0.154. The highest BCUT2D eigenvalue weighted by Crippen LogP contribution is 2.20. The summed E-state index contributed by atoms with van der Waals surface area (Å²) in [5.74, 6) is -1.54. The molecule has 1 rings (SSSR count). The van der Waals surface area contributed by atoms with Crippen molar-refractivity contribution < 1.29 is 22.3 Å². The molecule has 0 spiro atoms. The van der Waals surface area contributed by atoms with Crippen LogP contribution in [0.15, 0.2) is 12.3 Å². The number of hydrogen-bond donors (Lipinski definition) is 0. The largest absolute Gasteiger partial charge is 0.466 e. The lowest BCUT2D eigenvalue weighted by atomic mass is 10.5. The van der Waals surface area contributed by atoms with Crippen LogP contribution in [-0.2, 0) is 0 Å². The van der Waals surface area contributed by atoms with Crippen LogP contribution in [0.5, 0.6) is 5.88 Å². The van der Waals surface area contributed by atoms with Gasteiger partial charge in [-0.15, -0.1) is 0 Å². The summed E-state index contributed by atoms with van der Waals surface area (Å²) in [6, 6.07) is 1.04. The van der Waals surface area contributed by atoms with Crippen LogP contribution < -0.4 is 4.74 Å². The summed E-state index contributed by atoms with van der Waals surface area (Å²) < 4.78 is 52.5. The lowest BCUT2D eigenvalue weighted by Crippen LogP contribution is -2.20. The van der Waals surface area contributed by atoms with E-state index in [2.05, 4.69) is 9.72 Å². The van der Waals surface area contributed by atoms with Crippen LogP contribution in [0.25, 0.3) is 0 Å². The Balaban J connectivity index is 2.68. The molecule has 0 N–H and O–H groups in total. The van der Waals surface area contributed by atoms with Crippen molar-refractivity contribution in [3.63, 3.8) is 0 Å². The molecule has 7 heteroatoms. The maximum Gasteiger partial charge on any atom is 0.422 e. The summed E-state index contributed by atoms with van der Waals surface area (Å²) in [4.78, 5) is 3.38. The number of aromatic nitrogens is 1. The van der Waals surface area contributed by atoms with E-state index < -0.39 is 24.5 Å². The third-order valence-corrected chi connectivity index (χ3v) is 1.74. The fourth-order valence-electron chi connectivity index (χ4n) is 0.658. The van der Waals surface area contributed by atoms with Gasteiger partial charge in [-0.1, -0.05) is 0 Å². The van der Waals surface area contributed by atoms with E-state index >= 15 is 0 Å². The summed E-state index contributed by atoms with van der Waals surface area (Å²) in [6.45, 7) is -1.54. The predicted molar refractivity (Wildman–Crippen MR) is 48.5 cm³/mol. The molecule has 0 aromatic carbocycles. The second kappa shape index (κ2) is 4.28. The fourth-order valence-corrected chi connectivity index (χ4v) is 1.07. The quantitative estimate of drug-likeness (QED) is 0.617. The van der Waals surface area contributed by atoms with Crippen molar-refractivity contribution in [2.24, 2.45) is 0 Å². The molecule has 0 bridgehead atoms. The Hall–Kier alpha value is -0.600. The van der Waals surface area contributed by atoms with Gasteiger partial charge >= 0.3 is 6.18 Å². The van der Waals surface area contributed by atoms with Crippen molar-refractivity contribution >= 4 is 22.6 Å².